The molecule has 0 aromatic heterocycles. The van der Waals surface area contributed by atoms with Gasteiger partial charge < -0.3 is 19.1 Å². The van der Waals surface area contributed by atoms with Crippen molar-refractivity contribution in [3.05, 3.63) is 0 Å². The summed E-state index contributed by atoms with van der Waals surface area (Å²) in [6.07, 6.45) is 1.17. The van der Waals surface area contributed by atoms with Gasteiger partial charge in [0.1, 0.15) is 0 Å². The topological polar surface area (TPSA) is 48.0 Å². The smallest absolute Gasteiger partial charge is 0.410 e. The largest absolute Gasteiger partial charge is 0.447 e. The van der Waals surface area contributed by atoms with E-state index in [9.17, 15) is 4.79 Å². The van der Waals surface area contributed by atoms with Crippen molar-refractivity contribution in [2.75, 3.05) is 26.3 Å². The van der Waals surface area contributed by atoms with Crippen molar-refractivity contribution >= 4 is 6.09 Å². The van der Waals surface area contributed by atoms with E-state index < -0.39 is 5.79 Å². The summed E-state index contributed by atoms with van der Waals surface area (Å²) in [6.45, 7) is 6.32. The van der Waals surface area contributed by atoms with Crippen molar-refractivity contribution < 1.29 is 19.0 Å². The highest BCUT2D eigenvalue weighted by molar-refractivity contribution is 5.67. The molecule has 0 unspecified atom stereocenters. The van der Waals surface area contributed by atoms with Crippen LogP contribution in [0.15, 0.2) is 0 Å². The molecule has 2 rings (SSSR count). The molecule has 0 atom stereocenters. The van der Waals surface area contributed by atoms with Gasteiger partial charge in [-0.2, -0.15) is 0 Å². The Morgan fingerprint density at radius 1 is 1.25 bits per heavy atom. The zero-order valence-corrected chi connectivity index (χ0v) is 9.90. The summed E-state index contributed by atoms with van der Waals surface area (Å²) in [5, 5.41) is 0. The van der Waals surface area contributed by atoms with Crippen LogP contribution in [0, 0.1) is 0 Å². The third-order valence-corrected chi connectivity index (χ3v) is 2.93. The van der Waals surface area contributed by atoms with Gasteiger partial charge in [-0.05, 0) is 13.8 Å². The standard InChI is InChI=1S/C11H19NO4/c1-9(2)16-10(13)12-5-3-11(4-6-12)14-7-8-15-11/h9H,3-8H2,1-2H3. The number of amides is 1. The molecule has 2 fully saturated rings. The highest BCUT2D eigenvalue weighted by Crippen LogP contribution is 2.31. The Kier molecular flexibility index (Phi) is 3.35. The number of hydrogen-bond acceptors (Lipinski definition) is 4. The first-order valence-corrected chi connectivity index (χ1v) is 5.85. The summed E-state index contributed by atoms with van der Waals surface area (Å²) in [7, 11) is 0. The zero-order chi connectivity index (χ0) is 11.6. The normalized spacial score (nSPS) is 24.1. The maximum Gasteiger partial charge on any atom is 0.410 e. The molecule has 1 amide bonds. The number of hydrogen-bond donors (Lipinski definition) is 0. The predicted molar refractivity (Wildman–Crippen MR) is 57.1 cm³/mol. The van der Waals surface area contributed by atoms with Crippen LogP contribution in [0.5, 0.6) is 0 Å². The Labute approximate surface area is 95.6 Å². The van der Waals surface area contributed by atoms with Crippen molar-refractivity contribution in [3.63, 3.8) is 0 Å². The molecule has 0 aliphatic carbocycles. The van der Waals surface area contributed by atoms with E-state index >= 15 is 0 Å². The lowest BCUT2D eigenvalue weighted by atomic mass is 10.0. The molecule has 0 bridgehead atoms. The molecular formula is C11H19NO4. The molecule has 0 aromatic carbocycles. The van der Waals surface area contributed by atoms with E-state index in [1.165, 1.54) is 0 Å². The van der Waals surface area contributed by atoms with Gasteiger partial charge in [0.05, 0.1) is 19.3 Å². The first-order valence-electron chi connectivity index (χ1n) is 5.85. The molecule has 5 heteroatoms. The minimum absolute atomic E-state index is 0.0673. The quantitative estimate of drug-likeness (QED) is 0.681. The Balaban J connectivity index is 1.82. The first kappa shape index (κ1) is 11.7. The summed E-state index contributed by atoms with van der Waals surface area (Å²) in [6, 6.07) is 0. The Morgan fingerprint density at radius 2 is 1.81 bits per heavy atom. The van der Waals surface area contributed by atoms with E-state index in [2.05, 4.69) is 0 Å². The number of piperidine rings is 1. The molecule has 2 saturated heterocycles. The molecule has 2 aliphatic heterocycles. The fourth-order valence-electron chi connectivity index (χ4n) is 2.09. The summed E-state index contributed by atoms with van der Waals surface area (Å²) in [5.74, 6) is -0.422. The van der Waals surface area contributed by atoms with Crippen LogP contribution in [0.3, 0.4) is 0 Å². The van der Waals surface area contributed by atoms with Crippen LogP contribution in [0.4, 0.5) is 4.79 Å². The van der Waals surface area contributed by atoms with Crippen LogP contribution in [0.2, 0.25) is 0 Å². The van der Waals surface area contributed by atoms with Gasteiger partial charge in [-0.25, -0.2) is 4.79 Å². The van der Waals surface area contributed by atoms with Crippen LogP contribution in [-0.2, 0) is 14.2 Å². The Morgan fingerprint density at radius 3 is 2.31 bits per heavy atom. The lowest BCUT2D eigenvalue weighted by Crippen LogP contribution is -2.47. The van der Waals surface area contributed by atoms with Crippen molar-refractivity contribution in [3.8, 4) is 0 Å². The van der Waals surface area contributed by atoms with Gasteiger partial charge in [0.2, 0.25) is 0 Å². The van der Waals surface area contributed by atoms with Gasteiger partial charge in [0.25, 0.3) is 0 Å². The first-order chi connectivity index (χ1) is 7.61. The highest BCUT2D eigenvalue weighted by atomic mass is 16.7. The van der Waals surface area contributed by atoms with Crippen LogP contribution in [0.25, 0.3) is 0 Å². The summed E-state index contributed by atoms with van der Waals surface area (Å²) < 4.78 is 16.3. The lowest BCUT2D eigenvalue weighted by molar-refractivity contribution is -0.182. The Hall–Kier alpha value is -0.810. The summed E-state index contributed by atoms with van der Waals surface area (Å²) >= 11 is 0. The van der Waals surface area contributed by atoms with Gasteiger partial charge in [-0.1, -0.05) is 0 Å². The lowest BCUT2D eigenvalue weighted by Gasteiger charge is -2.37. The van der Waals surface area contributed by atoms with E-state index in [1.54, 1.807) is 4.90 Å². The average molecular weight is 229 g/mol. The minimum atomic E-state index is -0.422. The summed E-state index contributed by atoms with van der Waals surface area (Å²) in [5.41, 5.74) is 0. The zero-order valence-electron chi connectivity index (χ0n) is 9.90. The fraction of sp³-hybridized carbons (Fsp3) is 0.909. The fourth-order valence-corrected chi connectivity index (χ4v) is 2.09. The predicted octanol–water partition coefficient (Wildman–Crippen LogP) is 1.37. The molecule has 0 N–H and O–H groups in total. The SMILES string of the molecule is CC(C)OC(=O)N1CCC2(CC1)OCCO2. The number of ether oxygens (including phenoxy) is 3. The van der Waals surface area contributed by atoms with Crippen molar-refractivity contribution in [1.82, 2.24) is 4.90 Å². The Bertz CT molecular complexity index is 251. The maximum absolute atomic E-state index is 11.6. The van der Waals surface area contributed by atoms with E-state index in [0.29, 0.717) is 26.3 Å². The second-order valence-corrected chi connectivity index (χ2v) is 4.53. The van der Waals surface area contributed by atoms with Crippen molar-refractivity contribution in [1.29, 1.82) is 0 Å². The number of carbonyl (C=O) groups excluding carboxylic acids is 1. The number of rotatable bonds is 1. The van der Waals surface area contributed by atoms with E-state index in [1.807, 2.05) is 13.8 Å². The molecule has 5 nitrogen and oxygen atoms in total. The molecular weight excluding hydrogens is 210 g/mol. The second kappa shape index (κ2) is 4.59. The van der Waals surface area contributed by atoms with Crippen LogP contribution in [0.1, 0.15) is 26.7 Å². The number of likely N-dealkylation sites (tertiary alicyclic amines) is 1. The van der Waals surface area contributed by atoms with Crippen molar-refractivity contribution in [2.24, 2.45) is 0 Å². The molecule has 0 saturated carbocycles. The van der Waals surface area contributed by atoms with E-state index in [4.69, 9.17) is 14.2 Å². The summed E-state index contributed by atoms with van der Waals surface area (Å²) in [4.78, 5) is 13.4. The van der Waals surface area contributed by atoms with Crippen LogP contribution < -0.4 is 0 Å². The molecule has 92 valence electrons. The molecule has 0 aromatic rings. The number of nitrogens with zero attached hydrogens (tertiary/aromatic N) is 1. The molecule has 0 radical (unpaired) electrons. The second-order valence-electron chi connectivity index (χ2n) is 4.53. The third-order valence-electron chi connectivity index (χ3n) is 2.93. The van der Waals surface area contributed by atoms with Crippen molar-refractivity contribution in [2.45, 2.75) is 38.6 Å². The van der Waals surface area contributed by atoms with Gasteiger partial charge >= 0.3 is 6.09 Å². The maximum atomic E-state index is 11.6. The average Bonchev–Trinajstić information content (AvgIpc) is 2.66. The monoisotopic (exact) mass is 229 g/mol. The van der Waals surface area contributed by atoms with E-state index in [0.717, 1.165) is 12.8 Å². The molecule has 2 heterocycles. The highest BCUT2D eigenvalue weighted by Gasteiger charge is 2.41. The molecule has 1 spiro atoms. The van der Waals surface area contributed by atoms with Gasteiger partial charge in [0.15, 0.2) is 5.79 Å². The molecule has 16 heavy (non-hydrogen) atoms. The molecule has 2 aliphatic rings. The van der Waals surface area contributed by atoms with Gasteiger partial charge in [0, 0.05) is 25.9 Å². The van der Waals surface area contributed by atoms with Gasteiger partial charge in [-0.15, -0.1) is 0 Å². The van der Waals surface area contributed by atoms with Crippen LogP contribution >= 0.6 is 0 Å². The number of carbonyl (C=O) groups is 1. The third kappa shape index (κ3) is 2.47. The van der Waals surface area contributed by atoms with Crippen LogP contribution in [-0.4, -0.2) is 49.2 Å². The van der Waals surface area contributed by atoms with E-state index in [-0.39, 0.29) is 12.2 Å². The van der Waals surface area contributed by atoms with Gasteiger partial charge in [-0.3, -0.25) is 0 Å². The minimum Gasteiger partial charge on any atom is -0.447 e.